The van der Waals surface area contributed by atoms with Crippen molar-refractivity contribution in [2.24, 2.45) is 0 Å². The van der Waals surface area contributed by atoms with E-state index in [0.717, 1.165) is 11.1 Å². The van der Waals surface area contributed by atoms with Gasteiger partial charge in [0.1, 0.15) is 5.75 Å². The highest BCUT2D eigenvalue weighted by Gasteiger charge is 2.19. The molecule has 0 saturated carbocycles. The SMILES string of the molecule is COc1cc(Cl)c(OC)c(OC)c1Cc1ccccc1. The van der Waals surface area contributed by atoms with E-state index in [4.69, 9.17) is 25.8 Å². The molecule has 2 aromatic rings. The highest BCUT2D eigenvalue weighted by molar-refractivity contribution is 6.32. The summed E-state index contributed by atoms with van der Waals surface area (Å²) in [5.74, 6) is 1.83. The zero-order chi connectivity index (χ0) is 14.5. The van der Waals surface area contributed by atoms with Gasteiger partial charge in [-0.3, -0.25) is 0 Å². The molecule has 0 radical (unpaired) electrons. The van der Waals surface area contributed by atoms with Gasteiger partial charge < -0.3 is 14.2 Å². The Bertz CT molecular complexity index is 582. The Kier molecular flexibility index (Phi) is 4.74. The zero-order valence-electron chi connectivity index (χ0n) is 11.8. The Balaban J connectivity index is 2.54. The molecule has 0 aromatic heterocycles. The van der Waals surface area contributed by atoms with Gasteiger partial charge in [-0.05, 0) is 5.56 Å². The minimum absolute atomic E-state index is 0.470. The van der Waals surface area contributed by atoms with Crippen molar-refractivity contribution in [2.45, 2.75) is 6.42 Å². The van der Waals surface area contributed by atoms with Gasteiger partial charge in [-0.25, -0.2) is 0 Å². The lowest BCUT2D eigenvalue weighted by Gasteiger charge is -2.17. The first-order chi connectivity index (χ1) is 9.71. The van der Waals surface area contributed by atoms with Gasteiger partial charge >= 0.3 is 0 Å². The van der Waals surface area contributed by atoms with Crippen molar-refractivity contribution in [2.75, 3.05) is 21.3 Å². The lowest BCUT2D eigenvalue weighted by molar-refractivity contribution is 0.345. The molecule has 0 heterocycles. The molecule has 0 fully saturated rings. The molecule has 0 unspecified atom stereocenters. The van der Waals surface area contributed by atoms with Crippen LogP contribution >= 0.6 is 11.6 Å². The van der Waals surface area contributed by atoms with Gasteiger partial charge in [0.15, 0.2) is 11.5 Å². The minimum Gasteiger partial charge on any atom is -0.496 e. The maximum absolute atomic E-state index is 6.18. The van der Waals surface area contributed by atoms with E-state index in [1.54, 1.807) is 27.4 Å². The highest BCUT2D eigenvalue weighted by atomic mass is 35.5. The smallest absolute Gasteiger partial charge is 0.179 e. The predicted octanol–water partition coefficient (Wildman–Crippen LogP) is 3.96. The third-order valence-corrected chi connectivity index (χ3v) is 3.39. The van der Waals surface area contributed by atoms with E-state index >= 15 is 0 Å². The maximum atomic E-state index is 6.18. The first kappa shape index (κ1) is 14.5. The van der Waals surface area contributed by atoms with Crippen molar-refractivity contribution >= 4 is 11.6 Å². The molecule has 0 aliphatic heterocycles. The topological polar surface area (TPSA) is 27.7 Å². The molecule has 0 amide bonds. The monoisotopic (exact) mass is 292 g/mol. The summed E-state index contributed by atoms with van der Waals surface area (Å²) in [5.41, 5.74) is 2.08. The number of halogens is 1. The van der Waals surface area contributed by atoms with Crippen LogP contribution in [-0.2, 0) is 6.42 Å². The van der Waals surface area contributed by atoms with E-state index in [9.17, 15) is 0 Å². The number of rotatable bonds is 5. The Labute approximate surface area is 124 Å². The molecule has 0 spiro atoms. The molecule has 2 aromatic carbocycles. The maximum Gasteiger partial charge on any atom is 0.179 e. The molecule has 4 heteroatoms. The van der Waals surface area contributed by atoms with Crippen LogP contribution < -0.4 is 14.2 Å². The van der Waals surface area contributed by atoms with Crippen LogP contribution in [0.1, 0.15) is 11.1 Å². The predicted molar refractivity (Wildman–Crippen MR) is 80.4 cm³/mol. The van der Waals surface area contributed by atoms with E-state index < -0.39 is 0 Å². The van der Waals surface area contributed by atoms with Crippen molar-refractivity contribution in [3.8, 4) is 17.2 Å². The van der Waals surface area contributed by atoms with E-state index in [1.807, 2.05) is 18.2 Å². The molecule has 0 saturated heterocycles. The average molecular weight is 293 g/mol. The Morgan fingerprint density at radius 3 is 2.10 bits per heavy atom. The Morgan fingerprint density at radius 1 is 0.900 bits per heavy atom. The highest BCUT2D eigenvalue weighted by Crippen LogP contribution is 2.44. The van der Waals surface area contributed by atoms with Gasteiger partial charge in [0.2, 0.25) is 0 Å². The molecule has 20 heavy (non-hydrogen) atoms. The minimum atomic E-state index is 0.470. The zero-order valence-corrected chi connectivity index (χ0v) is 12.5. The van der Waals surface area contributed by atoms with Crippen molar-refractivity contribution in [1.82, 2.24) is 0 Å². The molecular weight excluding hydrogens is 276 g/mol. The Hall–Kier alpha value is -1.87. The van der Waals surface area contributed by atoms with E-state index in [1.165, 1.54) is 0 Å². The van der Waals surface area contributed by atoms with Crippen LogP contribution in [0.2, 0.25) is 5.02 Å². The van der Waals surface area contributed by atoms with Crippen LogP contribution in [0.3, 0.4) is 0 Å². The van der Waals surface area contributed by atoms with E-state index in [0.29, 0.717) is 28.7 Å². The van der Waals surface area contributed by atoms with Gasteiger partial charge in [-0.15, -0.1) is 0 Å². The second-order valence-corrected chi connectivity index (χ2v) is 4.68. The summed E-state index contributed by atoms with van der Waals surface area (Å²) in [6, 6.07) is 11.9. The number of hydrogen-bond donors (Lipinski definition) is 0. The summed E-state index contributed by atoms with van der Waals surface area (Å²) >= 11 is 6.18. The number of methoxy groups -OCH3 is 3. The number of ether oxygens (including phenoxy) is 3. The summed E-state index contributed by atoms with van der Waals surface area (Å²) in [6.07, 6.45) is 0.681. The van der Waals surface area contributed by atoms with Crippen LogP contribution in [0.5, 0.6) is 17.2 Å². The van der Waals surface area contributed by atoms with Crippen LogP contribution in [0.25, 0.3) is 0 Å². The van der Waals surface area contributed by atoms with Gasteiger partial charge in [0, 0.05) is 18.1 Å². The van der Waals surface area contributed by atoms with Gasteiger partial charge in [0.25, 0.3) is 0 Å². The van der Waals surface area contributed by atoms with Gasteiger partial charge in [-0.1, -0.05) is 41.9 Å². The quantitative estimate of drug-likeness (QED) is 0.835. The summed E-state index contributed by atoms with van der Waals surface area (Å²) in [4.78, 5) is 0. The molecule has 106 valence electrons. The second kappa shape index (κ2) is 6.53. The van der Waals surface area contributed by atoms with Crippen molar-refractivity contribution in [3.63, 3.8) is 0 Å². The summed E-state index contributed by atoms with van der Waals surface area (Å²) in [6.45, 7) is 0. The van der Waals surface area contributed by atoms with Gasteiger partial charge in [0.05, 0.1) is 26.4 Å². The first-order valence-corrected chi connectivity index (χ1v) is 6.60. The van der Waals surface area contributed by atoms with Gasteiger partial charge in [-0.2, -0.15) is 0 Å². The third-order valence-electron chi connectivity index (χ3n) is 3.10. The molecule has 0 atom stereocenters. The van der Waals surface area contributed by atoms with E-state index in [-0.39, 0.29) is 0 Å². The van der Waals surface area contributed by atoms with Crippen LogP contribution in [-0.4, -0.2) is 21.3 Å². The Morgan fingerprint density at radius 2 is 1.55 bits per heavy atom. The lowest BCUT2D eigenvalue weighted by atomic mass is 10.0. The molecule has 0 N–H and O–H groups in total. The fraction of sp³-hybridized carbons (Fsp3) is 0.250. The molecule has 0 bridgehead atoms. The summed E-state index contributed by atoms with van der Waals surface area (Å²) in [5, 5.41) is 0.470. The van der Waals surface area contributed by atoms with Crippen molar-refractivity contribution in [1.29, 1.82) is 0 Å². The standard InChI is InChI=1S/C16H17ClO3/c1-18-14-10-13(17)16(20-3)15(19-2)12(14)9-11-7-5-4-6-8-11/h4-8,10H,9H2,1-3H3. The molecule has 2 rings (SSSR count). The number of benzene rings is 2. The average Bonchev–Trinajstić information content (AvgIpc) is 2.49. The third kappa shape index (κ3) is 2.83. The van der Waals surface area contributed by atoms with Crippen LogP contribution in [0, 0.1) is 0 Å². The normalized spacial score (nSPS) is 10.2. The molecule has 3 nitrogen and oxygen atoms in total. The molecule has 0 aliphatic carbocycles. The molecular formula is C16H17ClO3. The van der Waals surface area contributed by atoms with Crippen molar-refractivity contribution in [3.05, 3.63) is 52.5 Å². The fourth-order valence-electron chi connectivity index (χ4n) is 2.18. The molecule has 0 aliphatic rings. The fourth-order valence-corrected chi connectivity index (χ4v) is 2.44. The summed E-state index contributed by atoms with van der Waals surface area (Å²) in [7, 11) is 4.79. The largest absolute Gasteiger partial charge is 0.496 e. The van der Waals surface area contributed by atoms with Crippen molar-refractivity contribution < 1.29 is 14.2 Å². The summed E-state index contributed by atoms with van der Waals surface area (Å²) < 4.78 is 16.2. The lowest BCUT2D eigenvalue weighted by Crippen LogP contribution is -2.01. The number of hydrogen-bond acceptors (Lipinski definition) is 3. The van der Waals surface area contributed by atoms with E-state index in [2.05, 4.69) is 12.1 Å². The van der Waals surface area contributed by atoms with Crippen LogP contribution in [0.4, 0.5) is 0 Å². The first-order valence-electron chi connectivity index (χ1n) is 6.22. The second-order valence-electron chi connectivity index (χ2n) is 4.27. The van der Waals surface area contributed by atoms with Crippen LogP contribution in [0.15, 0.2) is 36.4 Å².